The average Bonchev–Trinajstić information content (AvgIpc) is 3.37. The van der Waals surface area contributed by atoms with Gasteiger partial charge in [0.15, 0.2) is 5.82 Å². The number of carbonyl (C=O) groups is 3. The van der Waals surface area contributed by atoms with Gasteiger partial charge in [-0.05, 0) is 17.5 Å². The molecule has 0 saturated carbocycles. The Morgan fingerprint density at radius 2 is 2.00 bits per heavy atom. The second-order valence-corrected chi connectivity index (χ2v) is 9.35. The summed E-state index contributed by atoms with van der Waals surface area (Å²) < 4.78 is 21.4. The molecule has 15 heteroatoms. The molecule has 37 heavy (non-hydrogen) atoms. The number of hydrogen-bond donors (Lipinski definition) is 4. The third kappa shape index (κ3) is 5.62. The molecular formula is C22H28N6O9. The number of carbonyl (C=O) groups excluding carboxylic acids is 3. The summed E-state index contributed by atoms with van der Waals surface area (Å²) in [6.07, 6.45) is -4.53. The van der Waals surface area contributed by atoms with Gasteiger partial charge in [0.25, 0.3) is 0 Å². The first-order valence-corrected chi connectivity index (χ1v) is 11.1. The van der Waals surface area contributed by atoms with E-state index in [4.69, 9.17) is 19.9 Å². The predicted octanol–water partition coefficient (Wildman–Crippen LogP) is -0.446. The fourth-order valence-corrected chi connectivity index (χ4v) is 3.53. The van der Waals surface area contributed by atoms with Crippen LogP contribution in [0.4, 0.5) is 10.6 Å². The molecule has 1 fully saturated rings. The van der Waals surface area contributed by atoms with Crippen molar-refractivity contribution in [3.63, 3.8) is 0 Å². The lowest BCUT2D eigenvalue weighted by Gasteiger charge is -2.26. The number of rotatable bonds is 7. The number of anilines is 1. The van der Waals surface area contributed by atoms with E-state index in [2.05, 4.69) is 20.1 Å². The highest BCUT2D eigenvalue weighted by Gasteiger charge is 2.58. The molecule has 0 bridgehead atoms. The van der Waals surface area contributed by atoms with Crippen molar-refractivity contribution >= 4 is 29.4 Å². The molecule has 0 aromatic carbocycles. The first-order chi connectivity index (χ1) is 17.3. The number of nitrogens with two attached hydrogens (primary N) is 1. The van der Waals surface area contributed by atoms with Crippen molar-refractivity contribution < 1.29 is 43.5 Å². The van der Waals surface area contributed by atoms with E-state index in [1.54, 1.807) is 20.8 Å². The van der Waals surface area contributed by atoms with Crippen molar-refractivity contribution in [2.75, 3.05) is 18.7 Å². The van der Waals surface area contributed by atoms with Crippen molar-refractivity contribution in [1.29, 1.82) is 5.26 Å². The van der Waals surface area contributed by atoms with Crippen molar-refractivity contribution in [1.82, 2.24) is 14.6 Å². The Morgan fingerprint density at radius 3 is 2.62 bits per heavy atom. The summed E-state index contributed by atoms with van der Waals surface area (Å²) >= 11 is 0. The predicted molar refractivity (Wildman–Crippen MR) is 122 cm³/mol. The van der Waals surface area contributed by atoms with E-state index in [9.17, 15) is 29.9 Å². The van der Waals surface area contributed by atoms with Gasteiger partial charge in [0, 0.05) is 6.92 Å². The smallest absolute Gasteiger partial charge is 0.415 e. The number of ether oxygens (including phenoxy) is 4. The van der Waals surface area contributed by atoms with E-state index in [-0.39, 0.29) is 17.0 Å². The molecule has 15 nitrogen and oxygen atoms in total. The molecule has 5 atom stereocenters. The third-order valence-corrected chi connectivity index (χ3v) is 5.71. The van der Waals surface area contributed by atoms with Crippen LogP contribution in [0.25, 0.3) is 5.52 Å². The molecule has 0 aliphatic carbocycles. The van der Waals surface area contributed by atoms with Crippen LogP contribution < -0.4 is 11.1 Å². The van der Waals surface area contributed by atoms with Gasteiger partial charge in [-0.15, -0.1) is 0 Å². The number of esters is 2. The molecule has 200 valence electrons. The number of aromatic nitrogens is 3. The van der Waals surface area contributed by atoms with Crippen LogP contribution in [0, 0.1) is 16.7 Å². The van der Waals surface area contributed by atoms with Gasteiger partial charge in [0.05, 0.1) is 5.69 Å². The lowest BCUT2D eigenvalue weighted by atomic mass is 9.87. The standard InChI is InChI=1S/C22H28N6O9/c1-11(29)35-10-36-20(33)27-18-12-5-6-14(28(12)26-9-25-18)22(8-23)17(31)15(30)13(37-22)7-34-19(32)16(24)21(2,3)4/h5-6,9,13,15-17,30-31H,7,10,24H2,1-4H3,(H,25,26,27,33)/t13-,15-,16-,17-,22+/m1/s1. The lowest BCUT2D eigenvalue weighted by Crippen LogP contribution is -2.44. The largest absolute Gasteiger partial charge is 0.462 e. The number of aliphatic hydroxyl groups excluding tert-OH is 2. The topological polar surface area (TPSA) is 221 Å². The summed E-state index contributed by atoms with van der Waals surface area (Å²) in [5.41, 5.74) is 3.40. The molecule has 1 aliphatic rings. The Bertz CT molecular complexity index is 1220. The molecule has 5 N–H and O–H groups in total. The van der Waals surface area contributed by atoms with Gasteiger partial charge in [-0.1, -0.05) is 20.8 Å². The van der Waals surface area contributed by atoms with E-state index < -0.39 is 66.8 Å². The molecule has 0 unspecified atom stereocenters. The normalized spacial score (nSPS) is 24.2. The molecule has 1 saturated heterocycles. The minimum absolute atomic E-state index is 0.00972. The highest BCUT2D eigenvalue weighted by molar-refractivity contribution is 5.88. The Labute approximate surface area is 211 Å². The summed E-state index contributed by atoms with van der Waals surface area (Å²) in [6, 6.07) is 3.76. The van der Waals surface area contributed by atoms with E-state index in [0.717, 1.165) is 13.3 Å². The van der Waals surface area contributed by atoms with Gasteiger partial charge in [-0.25, -0.2) is 14.3 Å². The molecule has 3 heterocycles. The molecule has 0 radical (unpaired) electrons. The number of nitrogens with one attached hydrogen (secondary N) is 1. The summed E-state index contributed by atoms with van der Waals surface area (Å²) in [6.45, 7) is 5.33. The van der Waals surface area contributed by atoms with E-state index in [0.29, 0.717) is 0 Å². The van der Waals surface area contributed by atoms with Gasteiger partial charge in [0.1, 0.15) is 48.9 Å². The fourth-order valence-electron chi connectivity index (χ4n) is 3.53. The third-order valence-electron chi connectivity index (χ3n) is 5.71. The van der Waals surface area contributed by atoms with Crippen molar-refractivity contribution in [2.45, 2.75) is 57.6 Å². The van der Waals surface area contributed by atoms with Crippen LogP contribution in [-0.4, -0.2) is 80.6 Å². The first kappa shape index (κ1) is 27.7. The molecule has 2 aromatic heterocycles. The van der Waals surface area contributed by atoms with Crippen LogP contribution in [0.5, 0.6) is 0 Å². The molecular weight excluding hydrogens is 492 g/mol. The quantitative estimate of drug-likeness (QED) is 0.269. The monoisotopic (exact) mass is 520 g/mol. The first-order valence-electron chi connectivity index (χ1n) is 11.1. The number of nitriles is 1. The average molecular weight is 520 g/mol. The van der Waals surface area contributed by atoms with Crippen LogP contribution in [0.15, 0.2) is 18.5 Å². The molecule has 1 amide bonds. The second-order valence-electron chi connectivity index (χ2n) is 9.35. The maximum atomic E-state index is 12.3. The van der Waals surface area contributed by atoms with E-state index in [1.807, 2.05) is 6.07 Å². The highest BCUT2D eigenvalue weighted by atomic mass is 16.7. The Balaban J connectivity index is 1.82. The van der Waals surface area contributed by atoms with Crippen LogP contribution in [0.2, 0.25) is 0 Å². The van der Waals surface area contributed by atoms with Crippen LogP contribution >= 0.6 is 0 Å². The molecule has 3 rings (SSSR count). The van der Waals surface area contributed by atoms with Gasteiger partial charge >= 0.3 is 18.0 Å². The summed E-state index contributed by atoms with van der Waals surface area (Å²) in [5, 5.41) is 37.8. The van der Waals surface area contributed by atoms with Gasteiger partial charge in [-0.2, -0.15) is 10.4 Å². The SMILES string of the molecule is CC(=O)OCOC(=O)Nc1ncnn2c([C@]3(C#N)O[C@H](COC(=O)[C@@H](N)C(C)(C)C)[C@@H](O)[C@H]3O)ccc12. The summed E-state index contributed by atoms with van der Waals surface area (Å²) in [4.78, 5) is 39.0. The Morgan fingerprint density at radius 1 is 1.30 bits per heavy atom. The second kappa shape index (κ2) is 10.6. The molecule has 1 aliphatic heterocycles. The number of fused-ring (bicyclic) bond motifs is 1. The summed E-state index contributed by atoms with van der Waals surface area (Å²) in [7, 11) is 0. The van der Waals surface area contributed by atoms with Gasteiger partial charge in [-0.3, -0.25) is 14.9 Å². The van der Waals surface area contributed by atoms with Crippen molar-refractivity contribution in [2.24, 2.45) is 11.1 Å². The van der Waals surface area contributed by atoms with Crippen molar-refractivity contribution in [3.05, 3.63) is 24.2 Å². The number of aliphatic hydroxyl groups is 2. The number of hydrogen-bond acceptors (Lipinski definition) is 13. The zero-order chi connectivity index (χ0) is 27.5. The van der Waals surface area contributed by atoms with Gasteiger partial charge in [0.2, 0.25) is 12.4 Å². The minimum atomic E-state index is -2.11. The molecule has 0 spiro atoms. The number of amides is 1. The summed E-state index contributed by atoms with van der Waals surface area (Å²) in [5.74, 6) is -1.40. The van der Waals surface area contributed by atoms with Crippen LogP contribution in [-0.2, 0) is 34.1 Å². The zero-order valence-corrected chi connectivity index (χ0v) is 20.6. The van der Waals surface area contributed by atoms with Gasteiger partial charge < -0.3 is 34.9 Å². The maximum absolute atomic E-state index is 12.3. The van der Waals surface area contributed by atoms with Crippen LogP contribution in [0.3, 0.4) is 0 Å². The van der Waals surface area contributed by atoms with E-state index in [1.165, 1.54) is 16.6 Å². The van der Waals surface area contributed by atoms with E-state index >= 15 is 0 Å². The fraction of sp³-hybridized carbons (Fsp3) is 0.545. The number of nitrogens with zero attached hydrogens (tertiary/aromatic N) is 4. The lowest BCUT2D eigenvalue weighted by molar-refractivity contribution is -0.154. The minimum Gasteiger partial charge on any atom is -0.462 e. The molecule has 2 aromatic rings. The maximum Gasteiger partial charge on any atom is 0.415 e. The zero-order valence-electron chi connectivity index (χ0n) is 20.6. The highest BCUT2D eigenvalue weighted by Crippen LogP contribution is 2.40. The Kier molecular flexibility index (Phi) is 7.98. The van der Waals surface area contributed by atoms with Crippen LogP contribution in [0.1, 0.15) is 33.4 Å². The van der Waals surface area contributed by atoms with Crippen molar-refractivity contribution in [3.8, 4) is 6.07 Å². The Hall–Kier alpha value is -3.84.